The molecule has 4 heterocycles. The number of nitrogens with zero attached hydrogens (tertiary/aromatic N) is 4. The zero-order chi connectivity index (χ0) is 20.5. The van der Waals surface area contributed by atoms with Gasteiger partial charge in [0.15, 0.2) is 0 Å². The molecule has 0 saturated carbocycles. The van der Waals surface area contributed by atoms with Gasteiger partial charge in [-0.1, -0.05) is 6.92 Å². The van der Waals surface area contributed by atoms with Gasteiger partial charge in [-0.2, -0.15) is 5.10 Å². The zero-order valence-corrected chi connectivity index (χ0v) is 15.8. The second-order valence-corrected chi connectivity index (χ2v) is 6.65. The van der Waals surface area contributed by atoms with Crippen LogP contribution in [0.4, 0.5) is 15.1 Å². The summed E-state index contributed by atoms with van der Waals surface area (Å²) in [6, 6.07) is 7.25. The molecule has 2 N–H and O–H groups in total. The minimum absolute atomic E-state index is 0.159. The van der Waals surface area contributed by atoms with Gasteiger partial charge >= 0.3 is 6.09 Å². The number of anilines is 1. The van der Waals surface area contributed by atoms with E-state index in [0.29, 0.717) is 12.1 Å². The molecule has 148 valence electrons. The Balaban J connectivity index is 1.87. The highest BCUT2D eigenvalue weighted by molar-refractivity contribution is 6.00. The van der Waals surface area contributed by atoms with Crippen molar-refractivity contribution in [1.29, 1.82) is 0 Å². The van der Waals surface area contributed by atoms with E-state index in [2.05, 4.69) is 25.3 Å². The Bertz CT molecular complexity index is 1220. The SMILES string of the molecule is CC[C@H](O)c1cc(C)c(-c2cc3cnc(NC(=O)OF)cc3c3ccnn23)cn1. The Labute approximate surface area is 164 Å². The van der Waals surface area contributed by atoms with Crippen LogP contribution in [0.3, 0.4) is 0 Å². The topological polar surface area (TPSA) is 102 Å². The highest BCUT2D eigenvalue weighted by Gasteiger charge is 2.15. The molecule has 4 rings (SSSR count). The number of pyridine rings is 3. The van der Waals surface area contributed by atoms with Gasteiger partial charge in [0.1, 0.15) is 5.82 Å². The van der Waals surface area contributed by atoms with Crippen LogP contribution in [0.2, 0.25) is 0 Å². The number of fused-ring (bicyclic) bond motifs is 3. The molecule has 4 aromatic heterocycles. The third kappa shape index (κ3) is 3.36. The number of carbonyl (C=O) groups is 1. The van der Waals surface area contributed by atoms with Gasteiger partial charge in [0.05, 0.1) is 29.2 Å². The number of aliphatic hydroxyl groups is 1. The number of halogens is 1. The molecule has 0 aliphatic carbocycles. The number of hydrogen-bond donors (Lipinski definition) is 2. The molecule has 29 heavy (non-hydrogen) atoms. The fraction of sp³-hybridized carbons (Fsp3) is 0.200. The van der Waals surface area contributed by atoms with Crippen LogP contribution in [0, 0.1) is 6.92 Å². The fourth-order valence-electron chi connectivity index (χ4n) is 3.33. The van der Waals surface area contributed by atoms with E-state index in [1.807, 2.05) is 32.0 Å². The van der Waals surface area contributed by atoms with Crippen molar-refractivity contribution < 1.29 is 19.4 Å². The van der Waals surface area contributed by atoms with Gasteiger partial charge in [-0.15, -0.1) is 0 Å². The summed E-state index contributed by atoms with van der Waals surface area (Å²) in [6.07, 6.45) is 3.72. The third-order valence-electron chi connectivity index (χ3n) is 4.81. The molecule has 0 radical (unpaired) electrons. The number of aromatic nitrogens is 4. The van der Waals surface area contributed by atoms with Crippen LogP contribution in [0.1, 0.15) is 30.7 Å². The number of amides is 1. The summed E-state index contributed by atoms with van der Waals surface area (Å²) < 4.78 is 13.8. The molecule has 1 atom stereocenters. The summed E-state index contributed by atoms with van der Waals surface area (Å²) in [7, 11) is 0. The summed E-state index contributed by atoms with van der Waals surface area (Å²) in [5.41, 5.74) is 4.05. The lowest BCUT2D eigenvalue weighted by Gasteiger charge is -2.14. The van der Waals surface area contributed by atoms with Crippen molar-refractivity contribution >= 4 is 28.2 Å². The van der Waals surface area contributed by atoms with Crippen LogP contribution in [0.25, 0.3) is 27.5 Å². The van der Waals surface area contributed by atoms with Gasteiger partial charge in [0.2, 0.25) is 0 Å². The molecular formula is C20H18FN5O3. The predicted molar refractivity (Wildman–Crippen MR) is 105 cm³/mol. The Kier molecular flexibility index (Phi) is 4.81. The highest BCUT2D eigenvalue weighted by atomic mass is 19.3. The second-order valence-electron chi connectivity index (χ2n) is 6.65. The first-order valence-corrected chi connectivity index (χ1v) is 9.03. The number of nitrogens with one attached hydrogen (secondary N) is 1. The second kappa shape index (κ2) is 7.44. The van der Waals surface area contributed by atoms with E-state index in [4.69, 9.17) is 0 Å². The molecule has 0 spiro atoms. The first-order chi connectivity index (χ1) is 14.0. The molecule has 0 fully saturated rings. The van der Waals surface area contributed by atoms with Crippen LogP contribution in [0.5, 0.6) is 0 Å². The monoisotopic (exact) mass is 395 g/mol. The van der Waals surface area contributed by atoms with Crippen LogP contribution >= 0.6 is 0 Å². The largest absolute Gasteiger partial charge is 0.450 e. The maximum Gasteiger partial charge on any atom is 0.450 e. The van der Waals surface area contributed by atoms with Crippen LogP contribution < -0.4 is 5.32 Å². The molecule has 0 aromatic carbocycles. The van der Waals surface area contributed by atoms with E-state index in [9.17, 15) is 14.4 Å². The summed E-state index contributed by atoms with van der Waals surface area (Å²) in [5.74, 6) is 0.159. The van der Waals surface area contributed by atoms with Crippen molar-refractivity contribution in [3.8, 4) is 11.3 Å². The van der Waals surface area contributed by atoms with E-state index >= 15 is 0 Å². The molecule has 0 aliphatic rings. The number of aryl methyl sites for hydroxylation is 1. The van der Waals surface area contributed by atoms with E-state index in [1.165, 1.54) is 0 Å². The normalized spacial score (nSPS) is 12.3. The van der Waals surface area contributed by atoms with Gasteiger partial charge in [0.25, 0.3) is 0 Å². The van der Waals surface area contributed by atoms with Crippen molar-refractivity contribution in [2.24, 2.45) is 0 Å². The predicted octanol–water partition coefficient (Wildman–Crippen LogP) is 4.13. The summed E-state index contributed by atoms with van der Waals surface area (Å²) in [5, 5.41) is 18.3. The molecule has 1 amide bonds. The molecule has 0 bridgehead atoms. The maximum atomic E-state index is 12.0. The lowest BCUT2D eigenvalue weighted by Crippen LogP contribution is -2.10. The molecule has 4 aromatic rings. The Morgan fingerprint density at radius 2 is 2.14 bits per heavy atom. The van der Waals surface area contributed by atoms with E-state index in [1.54, 1.807) is 29.2 Å². The molecule has 9 heteroatoms. The average Bonchev–Trinajstić information content (AvgIpc) is 3.23. The van der Waals surface area contributed by atoms with E-state index in [0.717, 1.165) is 33.1 Å². The van der Waals surface area contributed by atoms with Gasteiger partial charge in [-0.05, 0) is 43.2 Å². The molecule has 8 nitrogen and oxygen atoms in total. The first kappa shape index (κ1) is 18.8. The number of hydrogen-bond acceptors (Lipinski definition) is 6. The molecule has 0 saturated heterocycles. The number of aliphatic hydroxyl groups excluding tert-OH is 1. The quantitative estimate of drug-likeness (QED) is 0.539. The maximum absolute atomic E-state index is 12.0. The average molecular weight is 395 g/mol. The number of carbonyl (C=O) groups excluding carboxylic acids is 1. The lowest BCUT2D eigenvalue weighted by molar-refractivity contribution is -0.0544. The van der Waals surface area contributed by atoms with Gasteiger partial charge in [0, 0.05) is 33.3 Å². The van der Waals surface area contributed by atoms with Gasteiger partial charge in [-0.3, -0.25) is 10.3 Å². The Hall–Kier alpha value is -3.59. The standard InChI is InChI=1S/C20H18FN5O3/c1-3-18(27)15-6-11(2)14(10-22-15)17-7-12-9-23-19(25-20(28)29-21)8-13(12)16-4-5-24-26(16)17/h4-10,18,27H,3H2,1-2H3,(H,23,25,28)/t18-/m0/s1. The van der Waals surface area contributed by atoms with Crippen molar-refractivity contribution in [2.45, 2.75) is 26.4 Å². The van der Waals surface area contributed by atoms with Crippen LogP contribution in [-0.4, -0.2) is 30.8 Å². The minimum Gasteiger partial charge on any atom is -0.387 e. The molecular weight excluding hydrogens is 377 g/mol. The highest BCUT2D eigenvalue weighted by Crippen LogP contribution is 2.31. The summed E-state index contributed by atoms with van der Waals surface area (Å²) in [6.45, 7) is 3.85. The van der Waals surface area contributed by atoms with Crippen LogP contribution in [0.15, 0.2) is 42.9 Å². The van der Waals surface area contributed by atoms with Crippen molar-refractivity contribution in [2.75, 3.05) is 5.32 Å². The van der Waals surface area contributed by atoms with E-state index < -0.39 is 12.2 Å². The molecule has 0 unspecified atom stereocenters. The van der Waals surface area contributed by atoms with Crippen LogP contribution in [-0.2, 0) is 4.94 Å². The third-order valence-corrected chi connectivity index (χ3v) is 4.81. The van der Waals surface area contributed by atoms with Gasteiger partial charge < -0.3 is 5.11 Å². The number of rotatable bonds is 4. The first-order valence-electron chi connectivity index (χ1n) is 9.03. The lowest BCUT2D eigenvalue weighted by atomic mass is 10.0. The van der Waals surface area contributed by atoms with Crippen molar-refractivity contribution in [3.05, 3.63) is 54.1 Å². The van der Waals surface area contributed by atoms with Crippen molar-refractivity contribution in [3.63, 3.8) is 0 Å². The zero-order valence-electron chi connectivity index (χ0n) is 15.8. The Morgan fingerprint density at radius 1 is 1.31 bits per heavy atom. The minimum atomic E-state index is -1.24. The Morgan fingerprint density at radius 3 is 2.86 bits per heavy atom. The smallest absolute Gasteiger partial charge is 0.387 e. The van der Waals surface area contributed by atoms with E-state index in [-0.39, 0.29) is 5.82 Å². The summed E-state index contributed by atoms with van der Waals surface area (Å²) >= 11 is 0. The molecule has 0 aliphatic heterocycles. The van der Waals surface area contributed by atoms with Crippen molar-refractivity contribution in [1.82, 2.24) is 19.6 Å². The van der Waals surface area contributed by atoms with Gasteiger partial charge in [-0.25, -0.2) is 19.2 Å². The fourth-order valence-corrected chi connectivity index (χ4v) is 3.33. The summed E-state index contributed by atoms with van der Waals surface area (Å²) in [4.78, 5) is 22.8.